The molecule has 1 N–H and O–H groups in total. The van der Waals surface area contributed by atoms with Gasteiger partial charge in [0.25, 0.3) is 0 Å². The molecule has 0 aromatic rings. The Morgan fingerprint density at radius 3 is 2.06 bits per heavy atom. The van der Waals surface area contributed by atoms with Crippen LogP contribution in [0.1, 0.15) is 64.2 Å². The highest BCUT2D eigenvalue weighted by Gasteiger charge is 2.49. The Labute approximate surface area is 105 Å². The van der Waals surface area contributed by atoms with Crippen molar-refractivity contribution >= 4 is 0 Å². The van der Waals surface area contributed by atoms with Gasteiger partial charge in [-0.2, -0.15) is 0 Å². The minimum absolute atomic E-state index is 0.0307. The molecule has 2 saturated carbocycles. The second-order valence-corrected chi connectivity index (χ2v) is 6.49. The van der Waals surface area contributed by atoms with Crippen LogP contribution in [-0.2, 0) is 0 Å². The highest BCUT2D eigenvalue weighted by molar-refractivity contribution is 5.04. The Morgan fingerprint density at radius 1 is 0.882 bits per heavy atom. The molecule has 2 heteroatoms. The van der Waals surface area contributed by atoms with Gasteiger partial charge in [0.1, 0.15) is 0 Å². The molecule has 1 atom stereocenters. The fraction of sp³-hybridized carbons (Fsp3) is 1.00. The summed E-state index contributed by atoms with van der Waals surface area (Å²) in [7, 11) is 0. The molecular formula is C15H27NO. The summed E-state index contributed by atoms with van der Waals surface area (Å²) in [5.74, 6) is 0.620. The van der Waals surface area contributed by atoms with Crippen molar-refractivity contribution < 1.29 is 5.11 Å². The smallest absolute Gasteiger partial charge is 0.0751 e. The molecule has 3 aliphatic rings. The zero-order chi connectivity index (χ0) is 11.7. The summed E-state index contributed by atoms with van der Waals surface area (Å²) < 4.78 is 0. The first-order valence-corrected chi connectivity index (χ1v) is 7.76. The number of hydrogen-bond acceptors (Lipinski definition) is 2. The van der Waals surface area contributed by atoms with Crippen molar-refractivity contribution in [1.82, 2.24) is 4.90 Å². The average Bonchev–Trinajstić information content (AvgIpc) is 2.78. The summed E-state index contributed by atoms with van der Waals surface area (Å²) in [6.07, 6.45) is 13.1. The third-order valence-corrected chi connectivity index (χ3v) is 5.60. The minimum Gasteiger partial charge on any atom is -0.391 e. The molecule has 1 unspecified atom stereocenters. The van der Waals surface area contributed by atoms with Crippen molar-refractivity contribution in [3.63, 3.8) is 0 Å². The van der Waals surface area contributed by atoms with Crippen LogP contribution in [0.5, 0.6) is 0 Å². The molecular weight excluding hydrogens is 210 g/mol. The van der Waals surface area contributed by atoms with Crippen molar-refractivity contribution in [2.45, 2.75) is 75.9 Å². The van der Waals surface area contributed by atoms with Gasteiger partial charge in [-0.05, 0) is 57.5 Å². The summed E-state index contributed by atoms with van der Waals surface area (Å²) in [5.41, 5.74) is 0.186. The number of aliphatic hydroxyl groups is 1. The van der Waals surface area contributed by atoms with E-state index in [9.17, 15) is 5.11 Å². The Balaban J connectivity index is 1.75. The summed E-state index contributed by atoms with van der Waals surface area (Å²) in [6.45, 7) is 2.48. The fourth-order valence-corrected chi connectivity index (χ4v) is 4.32. The Kier molecular flexibility index (Phi) is 3.45. The first kappa shape index (κ1) is 12.0. The molecule has 2 nitrogen and oxygen atoms in total. The number of likely N-dealkylation sites (tertiary alicyclic amines) is 1. The second kappa shape index (κ2) is 4.89. The predicted molar refractivity (Wildman–Crippen MR) is 70.0 cm³/mol. The van der Waals surface area contributed by atoms with Gasteiger partial charge >= 0.3 is 0 Å². The molecule has 2 aliphatic carbocycles. The monoisotopic (exact) mass is 237 g/mol. The third-order valence-electron chi connectivity index (χ3n) is 5.60. The molecule has 0 amide bonds. The van der Waals surface area contributed by atoms with Gasteiger partial charge in [-0.25, -0.2) is 0 Å². The largest absolute Gasteiger partial charge is 0.391 e. The molecule has 1 heterocycles. The van der Waals surface area contributed by atoms with E-state index in [-0.39, 0.29) is 11.6 Å². The van der Waals surface area contributed by atoms with E-state index in [2.05, 4.69) is 4.90 Å². The first-order chi connectivity index (χ1) is 8.33. The Hall–Kier alpha value is -0.0800. The topological polar surface area (TPSA) is 23.5 Å². The van der Waals surface area contributed by atoms with Crippen LogP contribution in [0.15, 0.2) is 0 Å². The van der Waals surface area contributed by atoms with Gasteiger partial charge in [-0.15, -0.1) is 0 Å². The maximum absolute atomic E-state index is 10.8. The van der Waals surface area contributed by atoms with Crippen LogP contribution in [0.3, 0.4) is 0 Å². The maximum atomic E-state index is 10.8. The van der Waals surface area contributed by atoms with Crippen molar-refractivity contribution in [1.29, 1.82) is 0 Å². The predicted octanol–water partition coefficient (Wildman–Crippen LogP) is 2.95. The van der Waals surface area contributed by atoms with E-state index in [0.717, 1.165) is 0 Å². The normalized spacial score (nSPS) is 32.3. The van der Waals surface area contributed by atoms with E-state index < -0.39 is 0 Å². The lowest BCUT2D eigenvalue weighted by Crippen LogP contribution is -2.59. The number of hydrogen-bond donors (Lipinski definition) is 1. The molecule has 0 radical (unpaired) electrons. The molecule has 1 aliphatic heterocycles. The SMILES string of the molecule is OC(C1CCC1)C1(N2CCCCC2)CCCC1. The molecule has 3 fully saturated rings. The molecule has 0 bridgehead atoms. The summed E-state index contributed by atoms with van der Waals surface area (Å²) in [6, 6.07) is 0. The lowest BCUT2D eigenvalue weighted by atomic mass is 9.71. The Morgan fingerprint density at radius 2 is 1.53 bits per heavy atom. The van der Waals surface area contributed by atoms with Crippen molar-refractivity contribution in [2.75, 3.05) is 13.1 Å². The van der Waals surface area contributed by atoms with Gasteiger partial charge in [-0.3, -0.25) is 4.90 Å². The van der Waals surface area contributed by atoms with Crippen LogP contribution in [-0.4, -0.2) is 34.7 Å². The van der Waals surface area contributed by atoms with Gasteiger partial charge in [0.15, 0.2) is 0 Å². The van der Waals surface area contributed by atoms with Crippen LogP contribution in [0.2, 0.25) is 0 Å². The highest BCUT2D eigenvalue weighted by atomic mass is 16.3. The lowest BCUT2D eigenvalue weighted by Gasteiger charge is -2.50. The summed E-state index contributed by atoms with van der Waals surface area (Å²) >= 11 is 0. The van der Waals surface area contributed by atoms with Gasteiger partial charge < -0.3 is 5.11 Å². The second-order valence-electron chi connectivity index (χ2n) is 6.49. The van der Waals surface area contributed by atoms with E-state index in [1.807, 2.05) is 0 Å². The standard InChI is InChI=1S/C15H27NO/c17-14(13-7-6-8-13)15(9-2-3-10-15)16-11-4-1-5-12-16/h13-14,17H,1-12H2. The molecule has 17 heavy (non-hydrogen) atoms. The van der Waals surface area contributed by atoms with E-state index >= 15 is 0 Å². The van der Waals surface area contributed by atoms with E-state index in [1.165, 1.54) is 77.3 Å². The number of aliphatic hydroxyl groups excluding tert-OH is 1. The van der Waals surface area contributed by atoms with Crippen LogP contribution >= 0.6 is 0 Å². The van der Waals surface area contributed by atoms with Crippen molar-refractivity contribution in [2.24, 2.45) is 5.92 Å². The van der Waals surface area contributed by atoms with Crippen molar-refractivity contribution in [3.8, 4) is 0 Å². The minimum atomic E-state index is -0.0307. The fourth-order valence-electron chi connectivity index (χ4n) is 4.32. The lowest BCUT2D eigenvalue weighted by molar-refractivity contribution is -0.0826. The molecule has 1 saturated heterocycles. The molecule has 98 valence electrons. The van der Waals surface area contributed by atoms with Gasteiger partial charge in [-0.1, -0.05) is 25.7 Å². The molecule has 0 aromatic carbocycles. The first-order valence-electron chi connectivity index (χ1n) is 7.76. The number of nitrogens with zero attached hydrogens (tertiary/aromatic N) is 1. The van der Waals surface area contributed by atoms with Gasteiger partial charge in [0.05, 0.1) is 6.10 Å². The quantitative estimate of drug-likeness (QED) is 0.816. The molecule has 3 rings (SSSR count). The highest BCUT2D eigenvalue weighted by Crippen LogP contribution is 2.45. The molecule has 0 aromatic heterocycles. The Bertz CT molecular complexity index is 246. The zero-order valence-electron chi connectivity index (χ0n) is 11.0. The average molecular weight is 237 g/mol. The number of piperidine rings is 1. The third kappa shape index (κ3) is 2.04. The van der Waals surface area contributed by atoms with Crippen molar-refractivity contribution in [3.05, 3.63) is 0 Å². The van der Waals surface area contributed by atoms with E-state index in [1.54, 1.807) is 0 Å². The summed E-state index contributed by atoms with van der Waals surface area (Å²) in [4.78, 5) is 2.67. The van der Waals surface area contributed by atoms with Crippen LogP contribution in [0, 0.1) is 5.92 Å². The van der Waals surface area contributed by atoms with E-state index in [0.29, 0.717) is 5.92 Å². The van der Waals surface area contributed by atoms with Crippen LogP contribution < -0.4 is 0 Å². The maximum Gasteiger partial charge on any atom is 0.0751 e. The number of rotatable bonds is 3. The zero-order valence-corrected chi connectivity index (χ0v) is 11.0. The summed E-state index contributed by atoms with van der Waals surface area (Å²) in [5, 5.41) is 10.8. The molecule has 0 spiro atoms. The van der Waals surface area contributed by atoms with Gasteiger partial charge in [0.2, 0.25) is 0 Å². The van der Waals surface area contributed by atoms with Gasteiger partial charge in [0, 0.05) is 5.54 Å². The van der Waals surface area contributed by atoms with Crippen LogP contribution in [0.4, 0.5) is 0 Å². The van der Waals surface area contributed by atoms with E-state index in [4.69, 9.17) is 0 Å². The van der Waals surface area contributed by atoms with Crippen LogP contribution in [0.25, 0.3) is 0 Å².